The lowest BCUT2D eigenvalue weighted by Gasteiger charge is -2.33. The largest absolute Gasteiger partial charge is 0.481 e. The number of anilines is 1. The Kier molecular flexibility index (Phi) is 4.80. The lowest BCUT2D eigenvalue weighted by Crippen LogP contribution is -2.39. The van der Waals surface area contributed by atoms with Crippen molar-refractivity contribution in [2.24, 2.45) is 5.41 Å². The van der Waals surface area contributed by atoms with Gasteiger partial charge in [0.15, 0.2) is 0 Å². The molecule has 1 aliphatic rings. The van der Waals surface area contributed by atoms with E-state index in [1.807, 2.05) is 13.0 Å². The van der Waals surface area contributed by atoms with Gasteiger partial charge in [-0.25, -0.2) is 9.97 Å². The molecule has 0 spiro atoms. The van der Waals surface area contributed by atoms with Crippen molar-refractivity contribution >= 4 is 11.8 Å². The van der Waals surface area contributed by atoms with Gasteiger partial charge < -0.3 is 10.4 Å². The average Bonchev–Trinajstić information content (AvgIpc) is 2.45. The van der Waals surface area contributed by atoms with Crippen LogP contribution >= 0.6 is 0 Å². The van der Waals surface area contributed by atoms with Crippen molar-refractivity contribution in [1.82, 2.24) is 9.97 Å². The molecule has 0 bridgehead atoms. The van der Waals surface area contributed by atoms with Crippen LogP contribution in [0.4, 0.5) is 5.82 Å². The Morgan fingerprint density at radius 1 is 1.33 bits per heavy atom. The minimum absolute atomic E-state index is 0.258. The van der Waals surface area contributed by atoms with Gasteiger partial charge >= 0.3 is 5.97 Å². The molecule has 1 aromatic heterocycles. The molecule has 1 aromatic rings. The molecule has 2 rings (SSSR count). The number of carboxylic acid groups (broad SMARTS) is 1. The van der Waals surface area contributed by atoms with Crippen molar-refractivity contribution in [1.29, 1.82) is 0 Å². The summed E-state index contributed by atoms with van der Waals surface area (Å²) in [5.74, 6) is 1.10. The first-order chi connectivity index (χ1) is 9.93. The third-order valence-corrected chi connectivity index (χ3v) is 4.26. The second-order valence-electron chi connectivity index (χ2n) is 6.41. The van der Waals surface area contributed by atoms with Crippen LogP contribution in [0.25, 0.3) is 0 Å². The van der Waals surface area contributed by atoms with E-state index in [2.05, 4.69) is 29.1 Å². The average molecular weight is 291 g/mol. The Labute approximate surface area is 126 Å². The summed E-state index contributed by atoms with van der Waals surface area (Å²) in [6.45, 7) is 6.49. The van der Waals surface area contributed by atoms with E-state index in [1.165, 1.54) is 0 Å². The Balaban J connectivity index is 2.12. The quantitative estimate of drug-likeness (QED) is 0.870. The summed E-state index contributed by atoms with van der Waals surface area (Å²) in [6, 6.07) is 1.88. The number of hydrogen-bond acceptors (Lipinski definition) is 4. The van der Waals surface area contributed by atoms with Gasteiger partial charge in [0.2, 0.25) is 0 Å². The Bertz CT molecular complexity index is 508. The van der Waals surface area contributed by atoms with Crippen LogP contribution in [0.5, 0.6) is 0 Å². The smallest absolute Gasteiger partial charge is 0.311 e. The molecule has 2 N–H and O–H groups in total. The number of aliphatic carboxylic acids is 1. The molecule has 0 aromatic carbocycles. The molecular formula is C16H25N3O2. The highest BCUT2D eigenvalue weighted by molar-refractivity contribution is 5.75. The van der Waals surface area contributed by atoms with Crippen molar-refractivity contribution < 1.29 is 9.90 Å². The third kappa shape index (κ3) is 3.71. The number of carboxylic acids is 1. The van der Waals surface area contributed by atoms with E-state index >= 15 is 0 Å². The summed E-state index contributed by atoms with van der Waals surface area (Å²) < 4.78 is 0. The lowest BCUT2D eigenvalue weighted by molar-refractivity contribution is -0.150. The highest BCUT2D eigenvalue weighted by Crippen LogP contribution is 2.36. The number of carbonyl (C=O) groups is 1. The standard InChI is InChI=1S/C16H25N3O2/c1-11(2)14-18-12(3)9-13(19-14)17-10-16(15(20)21)7-5-4-6-8-16/h9,11H,4-8,10H2,1-3H3,(H,20,21)(H,17,18,19). The van der Waals surface area contributed by atoms with Crippen LogP contribution < -0.4 is 5.32 Å². The molecule has 1 aliphatic carbocycles. The summed E-state index contributed by atoms with van der Waals surface area (Å²) in [4.78, 5) is 20.6. The molecule has 1 saturated carbocycles. The van der Waals surface area contributed by atoms with E-state index in [-0.39, 0.29) is 5.92 Å². The van der Waals surface area contributed by atoms with E-state index in [0.717, 1.165) is 49.4 Å². The maximum absolute atomic E-state index is 11.7. The Hall–Kier alpha value is -1.65. The van der Waals surface area contributed by atoms with Crippen molar-refractivity contribution in [3.63, 3.8) is 0 Å². The lowest BCUT2D eigenvalue weighted by atomic mass is 9.74. The van der Waals surface area contributed by atoms with Gasteiger partial charge in [0, 0.05) is 24.2 Å². The molecule has 21 heavy (non-hydrogen) atoms. The molecule has 0 aliphatic heterocycles. The zero-order valence-electron chi connectivity index (χ0n) is 13.1. The van der Waals surface area contributed by atoms with Gasteiger partial charge in [0.1, 0.15) is 11.6 Å². The molecule has 5 nitrogen and oxygen atoms in total. The van der Waals surface area contributed by atoms with Gasteiger partial charge in [-0.1, -0.05) is 33.1 Å². The molecule has 116 valence electrons. The molecule has 0 unspecified atom stereocenters. The molecule has 1 heterocycles. The van der Waals surface area contributed by atoms with E-state index < -0.39 is 11.4 Å². The molecule has 0 atom stereocenters. The fourth-order valence-electron chi connectivity index (χ4n) is 2.89. The summed E-state index contributed by atoms with van der Waals surface area (Å²) in [5.41, 5.74) is 0.263. The summed E-state index contributed by atoms with van der Waals surface area (Å²) in [6.07, 6.45) is 4.62. The van der Waals surface area contributed by atoms with Crippen LogP contribution in [-0.2, 0) is 4.79 Å². The number of hydrogen-bond donors (Lipinski definition) is 2. The van der Waals surface area contributed by atoms with Crippen LogP contribution in [0.3, 0.4) is 0 Å². The van der Waals surface area contributed by atoms with Crippen molar-refractivity contribution in [3.8, 4) is 0 Å². The summed E-state index contributed by atoms with van der Waals surface area (Å²) >= 11 is 0. The van der Waals surface area contributed by atoms with Crippen LogP contribution in [0.15, 0.2) is 6.07 Å². The minimum atomic E-state index is -0.690. The van der Waals surface area contributed by atoms with Gasteiger partial charge in [-0.2, -0.15) is 0 Å². The highest BCUT2D eigenvalue weighted by Gasteiger charge is 2.39. The number of nitrogens with one attached hydrogen (secondary N) is 1. The van der Waals surface area contributed by atoms with E-state index in [9.17, 15) is 9.90 Å². The number of aromatic nitrogens is 2. The van der Waals surface area contributed by atoms with E-state index in [4.69, 9.17) is 0 Å². The Morgan fingerprint density at radius 2 is 2.00 bits per heavy atom. The first-order valence-electron chi connectivity index (χ1n) is 7.76. The topological polar surface area (TPSA) is 75.1 Å². The normalized spacial score (nSPS) is 17.7. The predicted molar refractivity (Wildman–Crippen MR) is 82.5 cm³/mol. The molecule has 5 heteroatoms. The summed E-state index contributed by atoms with van der Waals surface area (Å²) in [7, 11) is 0. The fraction of sp³-hybridized carbons (Fsp3) is 0.688. The van der Waals surface area contributed by atoms with Crippen molar-refractivity contribution in [2.45, 2.75) is 58.8 Å². The maximum Gasteiger partial charge on any atom is 0.311 e. The van der Waals surface area contributed by atoms with Gasteiger partial charge in [-0.05, 0) is 19.8 Å². The molecule has 0 amide bonds. The fourth-order valence-corrected chi connectivity index (χ4v) is 2.89. The Morgan fingerprint density at radius 3 is 2.57 bits per heavy atom. The van der Waals surface area contributed by atoms with Gasteiger partial charge in [0.05, 0.1) is 5.41 Å². The van der Waals surface area contributed by atoms with Crippen LogP contribution in [0, 0.1) is 12.3 Å². The predicted octanol–water partition coefficient (Wildman–Crippen LogP) is 3.36. The van der Waals surface area contributed by atoms with Crippen LogP contribution in [0.1, 0.15) is 63.4 Å². The second-order valence-corrected chi connectivity index (χ2v) is 6.41. The maximum atomic E-state index is 11.7. The molecule has 0 radical (unpaired) electrons. The second kappa shape index (κ2) is 6.41. The monoisotopic (exact) mass is 291 g/mol. The summed E-state index contributed by atoms with van der Waals surface area (Å²) in [5, 5.41) is 12.8. The number of aryl methyl sites for hydroxylation is 1. The minimum Gasteiger partial charge on any atom is -0.481 e. The molecular weight excluding hydrogens is 266 g/mol. The zero-order valence-corrected chi connectivity index (χ0v) is 13.1. The number of nitrogens with zero attached hydrogens (tertiary/aromatic N) is 2. The van der Waals surface area contributed by atoms with E-state index in [0.29, 0.717) is 6.54 Å². The molecule has 0 saturated heterocycles. The van der Waals surface area contributed by atoms with Crippen LogP contribution in [0.2, 0.25) is 0 Å². The SMILES string of the molecule is Cc1cc(NCC2(C(=O)O)CCCCC2)nc(C(C)C)n1. The first-order valence-corrected chi connectivity index (χ1v) is 7.76. The van der Waals surface area contributed by atoms with Gasteiger partial charge in [-0.3, -0.25) is 4.79 Å². The number of rotatable bonds is 5. The van der Waals surface area contributed by atoms with Crippen molar-refractivity contribution in [3.05, 3.63) is 17.6 Å². The first kappa shape index (κ1) is 15.7. The van der Waals surface area contributed by atoms with Crippen molar-refractivity contribution in [2.75, 3.05) is 11.9 Å². The van der Waals surface area contributed by atoms with E-state index in [1.54, 1.807) is 0 Å². The highest BCUT2D eigenvalue weighted by atomic mass is 16.4. The van der Waals surface area contributed by atoms with Gasteiger partial charge in [0.25, 0.3) is 0 Å². The van der Waals surface area contributed by atoms with Crippen LogP contribution in [-0.4, -0.2) is 27.6 Å². The van der Waals surface area contributed by atoms with Gasteiger partial charge in [-0.15, -0.1) is 0 Å². The molecule has 1 fully saturated rings. The zero-order chi connectivity index (χ0) is 15.5. The third-order valence-electron chi connectivity index (χ3n) is 4.26.